The van der Waals surface area contributed by atoms with Crippen LogP contribution in [-0.4, -0.2) is 77.4 Å². The van der Waals surface area contributed by atoms with Gasteiger partial charge in [-0.1, -0.05) is 17.3 Å². The Morgan fingerprint density at radius 1 is 1.38 bits per heavy atom. The lowest BCUT2D eigenvalue weighted by atomic mass is 9.98. The second-order valence-corrected chi connectivity index (χ2v) is 11.8. The van der Waals surface area contributed by atoms with E-state index in [1.165, 1.54) is 24.3 Å². The Kier molecular flexibility index (Phi) is 7.42. The topological polar surface area (TPSA) is 193 Å². The summed E-state index contributed by atoms with van der Waals surface area (Å²) >= 11 is 2.41. The fourth-order valence-corrected chi connectivity index (χ4v) is 6.38. The average Bonchev–Trinajstić information content (AvgIpc) is 3.25. The van der Waals surface area contributed by atoms with E-state index in [0.29, 0.717) is 16.8 Å². The lowest BCUT2D eigenvalue weighted by Gasteiger charge is -2.49. The van der Waals surface area contributed by atoms with Crippen molar-refractivity contribution in [1.29, 1.82) is 0 Å². The zero-order valence-corrected chi connectivity index (χ0v) is 21.9. The van der Waals surface area contributed by atoms with Crippen LogP contribution >= 0.6 is 23.1 Å². The number of nitrogen functional groups attached to an aromatic ring is 1. The molecule has 0 bridgehead atoms. The highest BCUT2D eigenvalue weighted by Gasteiger charge is 2.54. The molecule has 0 radical (unpaired) electrons. The van der Waals surface area contributed by atoms with E-state index >= 15 is 0 Å². The number of benzene rings is 1. The largest absolute Gasteiger partial charge is 0.477 e. The number of hydrogen-bond donors (Lipinski definition) is 4. The zero-order valence-electron chi connectivity index (χ0n) is 19.5. The van der Waals surface area contributed by atoms with Crippen LogP contribution in [0, 0.1) is 0 Å². The fourth-order valence-electron chi connectivity index (χ4n) is 3.93. The third kappa shape index (κ3) is 5.70. The molecule has 2 amide bonds. The number of hydrogen-bond acceptors (Lipinski definition) is 11. The van der Waals surface area contributed by atoms with Crippen LogP contribution in [0.2, 0.25) is 0 Å². The second kappa shape index (κ2) is 10.4. The number of nitrogens with zero attached hydrogens (tertiary/aromatic N) is 3. The number of oxime groups is 1. The molecule has 2 atom stereocenters. The molecule has 37 heavy (non-hydrogen) atoms. The van der Waals surface area contributed by atoms with E-state index < -0.39 is 39.2 Å². The summed E-state index contributed by atoms with van der Waals surface area (Å²) in [7, 11) is -2.22. The Morgan fingerprint density at radius 3 is 2.76 bits per heavy atom. The van der Waals surface area contributed by atoms with Crippen molar-refractivity contribution in [2.24, 2.45) is 5.16 Å². The summed E-state index contributed by atoms with van der Waals surface area (Å²) in [5.41, 5.74) is 7.00. The Balaban J connectivity index is 1.53. The van der Waals surface area contributed by atoms with Gasteiger partial charge in [0, 0.05) is 16.8 Å². The quantitative estimate of drug-likeness (QED) is 0.188. The number of carboxylic acid groups (broad SMARTS) is 1. The molecule has 0 saturated carbocycles. The maximum Gasteiger partial charge on any atom is 0.352 e. The van der Waals surface area contributed by atoms with Crippen molar-refractivity contribution < 1.29 is 32.7 Å². The van der Waals surface area contributed by atoms with Crippen LogP contribution < -0.4 is 15.8 Å². The molecule has 2 aromatic rings. The number of nitrogens with one attached hydrogen (secondary N) is 2. The van der Waals surface area contributed by atoms with E-state index in [0.717, 1.165) is 22.5 Å². The van der Waals surface area contributed by atoms with Crippen LogP contribution in [0.3, 0.4) is 0 Å². The summed E-state index contributed by atoms with van der Waals surface area (Å²) in [5.74, 6) is -2.29. The minimum absolute atomic E-state index is 0.154. The predicted molar refractivity (Wildman–Crippen MR) is 138 cm³/mol. The first-order chi connectivity index (χ1) is 17.5. The van der Waals surface area contributed by atoms with E-state index in [9.17, 15) is 27.9 Å². The molecule has 2 aliphatic rings. The van der Waals surface area contributed by atoms with Gasteiger partial charge in [0.2, 0.25) is 10.0 Å². The number of β-lactam (4-membered cyclic amide) rings is 1. The molecular formula is C21H22N6O7S3. The first-order valence-corrected chi connectivity index (χ1v) is 14.4. The van der Waals surface area contributed by atoms with Gasteiger partial charge in [0.25, 0.3) is 11.8 Å². The molecule has 16 heteroatoms. The number of nitrogens with two attached hydrogens (primary N) is 1. The summed E-state index contributed by atoms with van der Waals surface area (Å²) in [4.78, 5) is 47.9. The van der Waals surface area contributed by atoms with Crippen LogP contribution in [0.25, 0.3) is 0 Å². The molecule has 1 fully saturated rings. The number of aliphatic carboxylic acids is 1. The van der Waals surface area contributed by atoms with Crippen molar-refractivity contribution in [3.05, 3.63) is 52.2 Å². The summed E-state index contributed by atoms with van der Waals surface area (Å²) in [6, 6.07) is 5.59. The standard InChI is InChI=1S/C21H22N6O7S3/c1-34-25-14(13-9-36-21(22)23-13)17(28)24-15-18(29)27-16(20(30)31)11(8-35-19(15)27)6-10-4-3-5-12(7-10)26-37(2,32)33/h3-5,7,9,15,19,26H,6,8H2,1-2H3,(H2,22,23)(H,24,28)(H,30,31)/b25-14+/t15-,19-/m1/s1. The first-order valence-electron chi connectivity index (χ1n) is 10.6. The van der Waals surface area contributed by atoms with Gasteiger partial charge in [-0.25, -0.2) is 18.2 Å². The number of amides is 2. The average molecular weight is 567 g/mol. The minimum atomic E-state index is -3.48. The highest BCUT2D eigenvalue weighted by Crippen LogP contribution is 2.41. The number of sulfonamides is 1. The lowest BCUT2D eigenvalue weighted by molar-refractivity contribution is -0.150. The van der Waals surface area contributed by atoms with Gasteiger partial charge < -0.3 is 21.0 Å². The Hall–Kier alpha value is -3.63. The molecule has 13 nitrogen and oxygen atoms in total. The van der Waals surface area contributed by atoms with Gasteiger partial charge in [-0.2, -0.15) is 0 Å². The van der Waals surface area contributed by atoms with Crippen molar-refractivity contribution in [1.82, 2.24) is 15.2 Å². The maximum atomic E-state index is 13.0. The summed E-state index contributed by atoms with van der Waals surface area (Å²) < 4.78 is 25.5. The third-order valence-electron chi connectivity index (χ3n) is 5.35. The van der Waals surface area contributed by atoms with Gasteiger partial charge in [-0.3, -0.25) is 19.2 Å². The van der Waals surface area contributed by atoms with E-state index in [4.69, 9.17) is 10.6 Å². The van der Waals surface area contributed by atoms with Crippen LogP contribution in [0.5, 0.6) is 0 Å². The van der Waals surface area contributed by atoms with Crippen molar-refractivity contribution in [3.8, 4) is 0 Å². The highest BCUT2D eigenvalue weighted by atomic mass is 32.2. The highest BCUT2D eigenvalue weighted by molar-refractivity contribution is 8.00. The molecule has 3 heterocycles. The van der Waals surface area contributed by atoms with Gasteiger partial charge in [0.05, 0.1) is 6.26 Å². The zero-order chi connectivity index (χ0) is 26.9. The van der Waals surface area contributed by atoms with E-state index in [2.05, 4.69) is 20.2 Å². The predicted octanol–water partition coefficient (Wildman–Crippen LogP) is 0.429. The smallest absolute Gasteiger partial charge is 0.352 e. The number of carbonyl (C=O) groups is 3. The lowest BCUT2D eigenvalue weighted by Crippen LogP contribution is -2.71. The molecule has 0 aliphatic carbocycles. The van der Waals surface area contributed by atoms with Crippen molar-refractivity contribution in [3.63, 3.8) is 0 Å². The van der Waals surface area contributed by atoms with Gasteiger partial charge in [-0.05, 0) is 29.7 Å². The summed E-state index contributed by atoms with van der Waals surface area (Å²) in [5, 5.41) is 17.3. The number of aromatic nitrogens is 1. The van der Waals surface area contributed by atoms with E-state index in [1.54, 1.807) is 24.3 Å². The van der Waals surface area contributed by atoms with Gasteiger partial charge >= 0.3 is 5.97 Å². The monoisotopic (exact) mass is 566 g/mol. The van der Waals surface area contributed by atoms with E-state index in [1.807, 2.05) is 0 Å². The summed E-state index contributed by atoms with van der Waals surface area (Å²) in [6.07, 6.45) is 1.22. The number of thiazole rings is 1. The van der Waals surface area contributed by atoms with Crippen LogP contribution in [0.1, 0.15) is 11.3 Å². The Bertz CT molecular complexity index is 1440. The molecule has 1 aromatic carbocycles. The molecule has 0 spiro atoms. The number of rotatable bonds is 9. The number of anilines is 2. The number of thioether (sulfide) groups is 1. The van der Waals surface area contributed by atoms with E-state index in [-0.39, 0.29) is 34.4 Å². The molecule has 1 saturated heterocycles. The van der Waals surface area contributed by atoms with Crippen LogP contribution in [-0.2, 0) is 35.7 Å². The molecule has 0 unspecified atom stereocenters. The van der Waals surface area contributed by atoms with Crippen molar-refractivity contribution in [2.45, 2.75) is 17.8 Å². The van der Waals surface area contributed by atoms with Gasteiger partial charge in [-0.15, -0.1) is 23.1 Å². The molecule has 1 aromatic heterocycles. The molecule has 4 rings (SSSR count). The number of fused-ring (bicyclic) bond motifs is 1. The first kappa shape index (κ1) is 26.4. The maximum absolute atomic E-state index is 13.0. The number of carboxylic acids is 1. The van der Waals surface area contributed by atoms with Gasteiger partial charge in [0.1, 0.15) is 29.9 Å². The van der Waals surface area contributed by atoms with Crippen LogP contribution in [0.15, 0.2) is 46.1 Å². The normalized spacial score (nSPS) is 19.7. The van der Waals surface area contributed by atoms with Gasteiger partial charge in [0.15, 0.2) is 10.8 Å². The molecule has 196 valence electrons. The Labute approximate surface area is 219 Å². The molecular weight excluding hydrogens is 544 g/mol. The van der Waals surface area contributed by atoms with Crippen molar-refractivity contribution >= 4 is 67.4 Å². The Morgan fingerprint density at radius 2 is 2.14 bits per heavy atom. The van der Waals surface area contributed by atoms with Crippen molar-refractivity contribution in [2.75, 3.05) is 29.6 Å². The fraction of sp³-hybridized carbons (Fsp3) is 0.286. The second-order valence-electron chi connectivity index (χ2n) is 8.06. The third-order valence-corrected chi connectivity index (χ3v) is 7.97. The van der Waals surface area contributed by atoms with Crippen LogP contribution in [0.4, 0.5) is 10.8 Å². The molecule has 5 N–H and O–H groups in total. The SMILES string of the molecule is CO/N=C(/C(=O)N[C@@H]1C(=O)N2C(C(=O)O)=C(Cc3cccc(NS(C)(=O)=O)c3)CS[C@H]12)c1csc(N)n1. The molecule has 2 aliphatic heterocycles. The summed E-state index contributed by atoms with van der Waals surface area (Å²) in [6.45, 7) is 0. The number of carbonyl (C=O) groups excluding carboxylic acids is 2. The minimum Gasteiger partial charge on any atom is -0.477 e.